The zero-order valence-corrected chi connectivity index (χ0v) is 9.99. The Balaban J connectivity index is 2.60. The number of ether oxygens (including phenoxy) is 1. The Morgan fingerprint density at radius 3 is 2.81 bits per heavy atom. The Kier molecular flexibility index (Phi) is 3.08. The molecular weight excluding hydrogens is 331 g/mol. The first-order valence-electron chi connectivity index (χ1n) is 4.33. The standard InChI is InChI=1S/C10H6F2INO2/c11-10(12)16-5-1-2-8-6(3-5)9(15)7(13)4-14-8/h1-4,10H,(H,14,15). The number of benzene rings is 1. The van der Waals surface area contributed by atoms with Crippen LogP contribution in [0.4, 0.5) is 8.78 Å². The molecule has 2 rings (SSSR count). The third-order valence-electron chi connectivity index (χ3n) is 2.03. The van der Waals surface area contributed by atoms with Gasteiger partial charge in [0.15, 0.2) is 0 Å². The lowest BCUT2D eigenvalue weighted by Crippen LogP contribution is -2.07. The summed E-state index contributed by atoms with van der Waals surface area (Å²) in [6.07, 6.45) is 1.57. The molecule has 16 heavy (non-hydrogen) atoms. The van der Waals surface area contributed by atoms with E-state index in [0.717, 1.165) is 0 Å². The highest BCUT2D eigenvalue weighted by Gasteiger charge is 2.07. The van der Waals surface area contributed by atoms with Gasteiger partial charge in [0.25, 0.3) is 0 Å². The predicted octanol–water partition coefficient (Wildman–Crippen LogP) is 2.73. The Bertz CT molecular complexity index is 583. The van der Waals surface area contributed by atoms with Crippen molar-refractivity contribution in [3.63, 3.8) is 0 Å². The van der Waals surface area contributed by atoms with Gasteiger partial charge in [-0.1, -0.05) is 0 Å². The molecule has 0 aliphatic carbocycles. The van der Waals surface area contributed by atoms with Gasteiger partial charge in [-0.3, -0.25) is 4.79 Å². The summed E-state index contributed by atoms with van der Waals surface area (Å²) in [5, 5.41) is 0.338. The number of fused-ring (bicyclic) bond motifs is 1. The van der Waals surface area contributed by atoms with Crippen LogP contribution in [-0.2, 0) is 0 Å². The highest BCUT2D eigenvalue weighted by molar-refractivity contribution is 14.1. The van der Waals surface area contributed by atoms with Gasteiger partial charge in [0.2, 0.25) is 5.43 Å². The molecule has 0 amide bonds. The summed E-state index contributed by atoms with van der Waals surface area (Å²) in [6, 6.07) is 4.23. The van der Waals surface area contributed by atoms with Gasteiger partial charge in [0.1, 0.15) is 5.75 Å². The summed E-state index contributed by atoms with van der Waals surface area (Å²) in [4.78, 5) is 14.6. The molecule has 0 aliphatic heterocycles. The molecule has 1 aromatic carbocycles. The number of pyridine rings is 1. The summed E-state index contributed by atoms with van der Waals surface area (Å²) in [5.74, 6) is -0.0185. The Morgan fingerprint density at radius 2 is 2.12 bits per heavy atom. The van der Waals surface area contributed by atoms with Crippen LogP contribution in [0, 0.1) is 3.57 Å². The quantitative estimate of drug-likeness (QED) is 0.857. The SMILES string of the molecule is O=c1c(I)c[nH]c2ccc(OC(F)F)cc12. The lowest BCUT2D eigenvalue weighted by atomic mass is 10.2. The highest BCUT2D eigenvalue weighted by Crippen LogP contribution is 2.19. The van der Waals surface area contributed by atoms with Crippen LogP contribution < -0.4 is 10.2 Å². The largest absolute Gasteiger partial charge is 0.435 e. The predicted molar refractivity (Wildman–Crippen MR) is 63.9 cm³/mol. The van der Waals surface area contributed by atoms with E-state index in [4.69, 9.17) is 0 Å². The number of hydrogen-bond acceptors (Lipinski definition) is 2. The van der Waals surface area contributed by atoms with Crippen LogP contribution in [0.1, 0.15) is 0 Å². The van der Waals surface area contributed by atoms with Crippen LogP contribution in [0.15, 0.2) is 29.2 Å². The van der Waals surface area contributed by atoms with Crippen LogP contribution in [0.5, 0.6) is 5.75 Å². The van der Waals surface area contributed by atoms with Crippen molar-refractivity contribution in [2.45, 2.75) is 6.61 Å². The fourth-order valence-electron chi connectivity index (χ4n) is 1.35. The number of halogens is 3. The maximum Gasteiger partial charge on any atom is 0.387 e. The molecule has 1 heterocycles. The maximum atomic E-state index is 12.0. The summed E-state index contributed by atoms with van der Waals surface area (Å²) >= 11 is 1.88. The Labute approximate surface area is 103 Å². The van der Waals surface area contributed by atoms with Crippen molar-refractivity contribution >= 4 is 33.5 Å². The summed E-state index contributed by atoms with van der Waals surface area (Å²) < 4.78 is 28.7. The van der Waals surface area contributed by atoms with Gasteiger partial charge < -0.3 is 9.72 Å². The fraction of sp³-hybridized carbons (Fsp3) is 0.100. The normalized spacial score (nSPS) is 11.0. The second-order valence-electron chi connectivity index (χ2n) is 3.05. The smallest absolute Gasteiger partial charge is 0.387 e. The molecule has 0 spiro atoms. The van der Waals surface area contributed by atoms with Crippen molar-refractivity contribution in [1.82, 2.24) is 4.98 Å². The topological polar surface area (TPSA) is 42.1 Å². The zero-order valence-electron chi connectivity index (χ0n) is 7.84. The van der Waals surface area contributed by atoms with Crippen molar-refractivity contribution in [2.75, 3.05) is 0 Å². The van der Waals surface area contributed by atoms with Gasteiger partial charge in [-0.05, 0) is 40.8 Å². The third kappa shape index (κ3) is 2.16. The highest BCUT2D eigenvalue weighted by atomic mass is 127. The average molecular weight is 337 g/mol. The van der Waals surface area contributed by atoms with Crippen LogP contribution in [-0.4, -0.2) is 11.6 Å². The maximum absolute atomic E-state index is 12.0. The molecule has 2 aromatic rings. The van der Waals surface area contributed by atoms with Crippen molar-refractivity contribution in [1.29, 1.82) is 0 Å². The number of hydrogen-bond donors (Lipinski definition) is 1. The fourth-order valence-corrected chi connectivity index (χ4v) is 1.79. The van der Waals surface area contributed by atoms with Gasteiger partial charge in [0.05, 0.1) is 8.96 Å². The second-order valence-corrected chi connectivity index (χ2v) is 4.21. The molecule has 0 radical (unpaired) electrons. The lowest BCUT2D eigenvalue weighted by molar-refractivity contribution is -0.0497. The molecule has 0 bridgehead atoms. The third-order valence-corrected chi connectivity index (χ3v) is 2.83. The Hall–Kier alpha value is -1.18. The van der Waals surface area contributed by atoms with Crippen LogP contribution >= 0.6 is 22.6 Å². The minimum atomic E-state index is -2.89. The number of alkyl halides is 2. The van der Waals surface area contributed by atoms with E-state index in [1.807, 2.05) is 22.6 Å². The van der Waals surface area contributed by atoms with Gasteiger partial charge >= 0.3 is 6.61 Å². The minimum Gasteiger partial charge on any atom is -0.435 e. The summed E-state index contributed by atoms with van der Waals surface area (Å²) in [5.41, 5.74) is 0.390. The number of H-pyrrole nitrogens is 1. The van der Waals surface area contributed by atoms with Crippen molar-refractivity contribution in [3.05, 3.63) is 38.2 Å². The molecule has 6 heteroatoms. The van der Waals surface area contributed by atoms with E-state index in [0.29, 0.717) is 14.5 Å². The molecule has 0 unspecified atom stereocenters. The van der Waals surface area contributed by atoms with Gasteiger partial charge in [-0.2, -0.15) is 8.78 Å². The summed E-state index contributed by atoms with van der Waals surface area (Å²) in [7, 11) is 0. The van der Waals surface area contributed by atoms with Gasteiger partial charge in [-0.25, -0.2) is 0 Å². The van der Waals surface area contributed by atoms with E-state index < -0.39 is 6.61 Å². The van der Waals surface area contributed by atoms with Crippen LogP contribution in [0.2, 0.25) is 0 Å². The van der Waals surface area contributed by atoms with E-state index in [9.17, 15) is 13.6 Å². The first kappa shape index (κ1) is 11.3. The molecule has 0 aliphatic rings. The van der Waals surface area contributed by atoms with Crippen molar-refractivity contribution in [2.24, 2.45) is 0 Å². The molecule has 0 saturated heterocycles. The van der Waals surface area contributed by atoms with E-state index in [1.165, 1.54) is 18.2 Å². The van der Waals surface area contributed by atoms with Gasteiger partial charge in [-0.15, -0.1) is 0 Å². The second kappa shape index (κ2) is 4.36. The number of rotatable bonds is 2. The molecule has 0 atom stereocenters. The summed E-state index contributed by atoms with van der Waals surface area (Å²) in [6.45, 7) is -2.89. The number of nitrogens with one attached hydrogen (secondary N) is 1. The first-order chi connectivity index (χ1) is 7.58. The zero-order chi connectivity index (χ0) is 11.7. The number of aromatic amines is 1. The van der Waals surface area contributed by atoms with Crippen LogP contribution in [0.25, 0.3) is 10.9 Å². The molecule has 0 fully saturated rings. The average Bonchev–Trinajstić information content (AvgIpc) is 2.23. The van der Waals surface area contributed by atoms with E-state index in [2.05, 4.69) is 9.72 Å². The lowest BCUT2D eigenvalue weighted by Gasteiger charge is -2.05. The molecule has 84 valence electrons. The molecule has 3 nitrogen and oxygen atoms in total. The van der Waals surface area contributed by atoms with E-state index >= 15 is 0 Å². The molecule has 1 aromatic heterocycles. The first-order valence-corrected chi connectivity index (χ1v) is 5.41. The monoisotopic (exact) mass is 337 g/mol. The molecular formula is C10H6F2INO2. The van der Waals surface area contributed by atoms with Crippen LogP contribution in [0.3, 0.4) is 0 Å². The van der Waals surface area contributed by atoms with Crippen molar-refractivity contribution in [3.8, 4) is 5.75 Å². The van der Waals surface area contributed by atoms with Gasteiger partial charge in [0, 0.05) is 11.7 Å². The Morgan fingerprint density at radius 1 is 1.38 bits per heavy atom. The number of aromatic nitrogens is 1. The van der Waals surface area contributed by atoms with E-state index in [-0.39, 0.29) is 11.2 Å². The van der Waals surface area contributed by atoms with Crippen molar-refractivity contribution < 1.29 is 13.5 Å². The molecule has 0 saturated carbocycles. The molecule has 1 N–H and O–H groups in total. The van der Waals surface area contributed by atoms with E-state index in [1.54, 1.807) is 6.20 Å². The minimum absolute atomic E-state index is 0.0185.